The van der Waals surface area contributed by atoms with Crippen LogP contribution in [0.4, 0.5) is 0 Å². The first-order valence-corrected chi connectivity index (χ1v) is 11.2. The number of rotatable bonds is 7. The maximum absolute atomic E-state index is 13.5. The Bertz CT molecular complexity index is 1240. The molecule has 0 atom stereocenters. The first-order chi connectivity index (χ1) is 15.1. The van der Waals surface area contributed by atoms with Gasteiger partial charge in [-0.05, 0) is 45.4 Å². The maximum Gasteiger partial charge on any atom is 0.333 e. The van der Waals surface area contributed by atoms with E-state index in [0.717, 1.165) is 10.1 Å². The topological polar surface area (TPSA) is 82.1 Å². The molecule has 0 saturated heterocycles. The molecule has 0 bridgehead atoms. The van der Waals surface area contributed by atoms with Gasteiger partial charge in [0, 0.05) is 30.6 Å². The van der Waals surface area contributed by atoms with Gasteiger partial charge in [-0.1, -0.05) is 30.7 Å². The van der Waals surface area contributed by atoms with Crippen LogP contribution >= 0.6 is 11.6 Å². The van der Waals surface area contributed by atoms with E-state index in [4.69, 9.17) is 11.6 Å². The summed E-state index contributed by atoms with van der Waals surface area (Å²) in [5.41, 5.74) is 0.327. The van der Waals surface area contributed by atoms with E-state index < -0.39 is 11.2 Å². The molecule has 0 aliphatic rings. The van der Waals surface area contributed by atoms with E-state index >= 15 is 0 Å². The van der Waals surface area contributed by atoms with Crippen molar-refractivity contribution in [1.29, 1.82) is 0 Å². The van der Waals surface area contributed by atoms with Crippen LogP contribution in [-0.4, -0.2) is 41.6 Å². The summed E-state index contributed by atoms with van der Waals surface area (Å²) in [7, 11) is 1.76. The maximum atomic E-state index is 13.5. The molecule has 9 heteroatoms. The Morgan fingerprint density at radius 1 is 1.06 bits per heavy atom. The first kappa shape index (κ1) is 23.8. The lowest BCUT2D eigenvalue weighted by atomic mass is 10.2. The fourth-order valence-corrected chi connectivity index (χ4v) is 4.29. The van der Waals surface area contributed by atoms with Gasteiger partial charge in [0.25, 0.3) is 5.56 Å². The van der Waals surface area contributed by atoms with Crippen LogP contribution in [0.5, 0.6) is 0 Å². The highest BCUT2D eigenvalue weighted by Gasteiger charge is 2.25. The molecule has 0 unspecified atom stereocenters. The molecular weight excluding hydrogens is 430 g/mol. The summed E-state index contributed by atoms with van der Waals surface area (Å²) in [6.45, 7) is 9.57. The number of benzene rings is 1. The van der Waals surface area contributed by atoms with Gasteiger partial charge in [-0.15, -0.1) is 0 Å². The number of hydrogen-bond acceptors (Lipinski definition) is 4. The van der Waals surface area contributed by atoms with E-state index in [1.807, 2.05) is 34.6 Å². The molecule has 0 N–H and O–H groups in total. The lowest BCUT2D eigenvalue weighted by Gasteiger charge is -2.31. The van der Waals surface area contributed by atoms with Crippen LogP contribution < -0.4 is 11.2 Å². The number of nitrogens with zero attached hydrogens (tertiary/aromatic N) is 5. The Balaban J connectivity index is 2.22. The number of amides is 1. The Hall–Kier alpha value is -2.87. The van der Waals surface area contributed by atoms with Crippen molar-refractivity contribution < 1.29 is 4.79 Å². The zero-order valence-corrected chi connectivity index (χ0v) is 20.2. The van der Waals surface area contributed by atoms with Crippen LogP contribution in [0.15, 0.2) is 33.9 Å². The third-order valence-electron chi connectivity index (χ3n) is 5.60. The van der Waals surface area contributed by atoms with Crippen LogP contribution in [0, 0.1) is 0 Å². The van der Waals surface area contributed by atoms with Crippen LogP contribution in [0.2, 0.25) is 5.02 Å². The predicted molar refractivity (Wildman–Crippen MR) is 126 cm³/mol. The molecule has 172 valence electrons. The number of aryl methyl sites for hydroxylation is 2. The Morgan fingerprint density at radius 2 is 1.66 bits per heavy atom. The number of carbonyl (C=O) groups excluding carboxylic acids is 1. The van der Waals surface area contributed by atoms with Gasteiger partial charge >= 0.3 is 5.69 Å². The van der Waals surface area contributed by atoms with Gasteiger partial charge in [0.1, 0.15) is 12.4 Å². The highest BCUT2D eigenvalue weighted by Crippen LogP contribution is 2.14. The van der Waals surface area contributed by atoms with Crippen molar-refractivity contribution in [2.45, 2.75) is 66.2 Å². The van der Waals surface area contributed by atoms with Gasteiger partial charge in [0.15, 0.2) is 11.2 Å². The van der Waals surface area contributed by atoms with E-state index in [1.165, 1.54) is 4.57 Å². The summed E-state index contributed by atoms with van der Waals surface area (Å²) < 4.78 is 4.19. The highest BCUT2D eigenvalue weighted by molar-refractivity contribution is 6.30. The van der Waals surface area contributed by atoms with Crippen LogP contribution in [0.3, 0.4) is 0 Å². The minimum absolute atomic E-state index is 0.0244. The molecule has 2 aromatic heterocycles. The number of imidazole rings is 1. The van der Waals surface area contributed by atoms with Crippen molar-refractivity contribution in [1.82, 2.24) is 23.6 Å². The fraction of sp³-hybridized carbons (Fsp3) is 0.478. The molecule has 3 aromatic rings. The number of aromatic nitrogens is 4. The second-order valence-electron chi connectivity index (χ2n) is 8.49. The average molecular weight is 460 g/mol. The molecule has 0 spiro atoms. The van der Waals surface area contributed by atoms with Gasteiger partial charge in [-0.25, -0.2) is 9.78 Å². The standard InChI is InChI=1S/C23H30ClN5O3/c1-7-18-25-21-20(26(18)6)22(31)28(12-16-8-10-17(24)11-9-16)23(32)27(21)13-19(30)29(14(2)3)15(4)5/h8-11,14-15H,7,12-13H2,1-6H3. The van der Waals surface area contributed by atoms with Gasteiger partial charge < -0.3 is 9.47 Å². The molecule has 0 aliphatic heterocycles. The molecule has 0 aliphatic carbocycles. The van der Waals surface area contributed by atoms with Crippen LogP contribution in [0.25, 0.3) is 11.2 Å². The fourth-order valence-electron chi connectivity index (χ4n) is 4.17. The summed E-state index contributed by atoms with van der Waals surface area (Å²) in [5, 5.41) is 0.571. The molecule has 0 fully saturated rings. The highest BCUT2D eigenvalue weighted by atomic mass is 35.5. The normalized spacial score (nSPS) is 11.7. The zero-order valence-electron chi connectivity index (χ0n) is 19.4. The molecule has 0 radical (unpaired) electrons. The van der Waals surface area contributed by atoms with Crippen LogP contribution in [-0.2, 0) is 31.4 Å². The molecular formula is C23H30ClN5O3. The molecule has 3 rings (SSSR count). The van der Waals surface area contributed by atoms with Crippen molar-refractivity contribution >= 4 is 28.7 Å². The number of halogens is 1. The Labute approximate surface area is 192 Å². The van der Waals surface area contributed by atoms with Crippen LogP contribution in [0.1, 0.15) is 46.0 Å². The van der Waals surface area contributed by atoms with E-state index in [9.17, 15) is 14.4 Å². The lowest BCUT2D eigenvalue weighted by molar-refractivity contribution is -0.135. The van der Waals surface area contributed by atoms with E-state index in [2.05, 4.69) is 4.98 Å². The predicted octanol–water partition coefficient (Wildman–Crippen LogP) is 2.81. The lowest BCUT2D eigenvalue weighted by Crippen LogP contribution is -2.47. The molecule has 32 heavy (non-hydrogen) atoms. The summed E-state index contributed by atoms with van der Waals surface area (Å²) in [6.07, 6.45) is 0.591. The second-order valence-corrected chi connectivity index (χ2v) is 8.92. The zero-order chi connectivity index (χ0) is 23.7. The number of hydrogen-bond donors (Lipinski definition) is 0. The number of carbonyl (C=O) groups is 1. The largest absolute Gasteiger partial charge is 0.336 e. The van der Waals surface area contributed by atoms with Crippen molar-refractivity contribution in [3.05, 3.63) is 61.5 Å². The van der Waals surface area contributed by atoms with E-state index in [-0.39, 0.29) is 36.7 Å². The molecule has 2 heterocycles. The van der Waals surface area contributed by atoms with E-state index in [0.29, 0.717) is 22.8 Å². The van der Waals surface area contributed by atoms with Gasteiger partial charge in [0.05, 0.1) is 6.54 Å². The van der Waals surface area contributed by atoms with Crippen molar-refractivity contribution in [2.24, 2.45) is 7.05 Å². The van der Waals surface area contributed by atoms with Gasteiger partial charge in [-0.2, -0.15) is 0 Å². The van der Waals surface area contributed by atoms with Gasteiger partial charge in [0.2, 0.25) is 5.91 Å². The Morgan fingerprint density at radius 3 is 2.19 bits per heavy atom. The minimum Gasteiger partial charge on any atom is -0.336 e. The molecule has 1 aromatic carbocycles. The molecule has 0 saturated carbocycles. The summed E-state index contributed by atoms with van der Waals surface area (Å²) in [5.74, 6) is 0.477. The monoisotopic (exact) mass is 459 g/mol. The van der Waals surface area contributed by atoms with Crippen molar-refractivity contribution in [2.75, 3.05) is 0 Å². The summed E-state index contributed by atoms with van der Waals surface area (Å²) in [6, 6.07) is 6.92. The quantitative estimate of drug-likeness (QED) is 0.544. The first-order valence-electron chi connectivity index (χ1n) is 10.8. The summed E-state index contributed by atoms with van der Waals surface area (Å²) in [4.78, 5) is 46.2. The SMILES string of the molecule is CCc1nc2c(c(=O)n(Cc3ccc(Cl)cc3)c(=O)n2CC(=O)N(C(C)C)C(C)C)n1C. The molecule has 8 nitrogen and oxygen atoms in total. The average Bonchev–Trinajstić information content (AvgIpc) is 3.05. The second kappa shape index (κ2) is 9.32. The third-order valence-corrected chi connectivity index (χ3v) is 5.85. The van der Waals surface area contributed by atoms with Crippen molar-refractivity contribution in [3.8, 4) is 0 Å². The third kappa shape index (κ3) is 4.37. The summed E-state index contributed by atoms with van der Waals surface area (Å²) >= 11 is 5.97. The van der Waals surface area contributed by atoms with Crippen molar-refractivity contribution in [3.63, 3.8) is 0 Å². The minimum atomic E-state index is -0.556. The smallest absolute Gasteiger partial charge is 0.333 e. The molecule has 1 amide bonds. The van der Waals surface area contributed by atoms with E-state index in [1.54, 1.807) is 40.8 Å². The van der Waals surface area contributed by atoms with Gasteiger partial charge in [-0.3, -0.25) is 18.7 Å². The number of fused-ring (bicyclic) bond motifs is 1. The Kier molecular flexibility index (Phi) is 6.93.